The summed E-state index contributed by atoms with van der Waals surface area (Å²) < 4.78 is 10.8. The molecule has 1 aliphatic carbocycles. The summed E-state index contributed by atoms with van der Waals surface area (Å²) in [6.07, 6.45) is 2.62. The van der Waals surface area contributed by atoms with Crippen molar-refractivity contribution in [1.29, 1.82) is 0 Å². The minimum atomic E-state index is -0.983. The Bertz CT molecular complexity index is 953. The first-order valence-corrected chi connectivity index (χ1v) is 12.4. The van der Waals surface area contributed by atoms with E-state index in [4.69, 9.17) is 9.47 Å². The number of phenolic OH excluding ortho intramolecular Hbond substituents is 1. The van der Waals surface area contributed by atoms with Crippen molar-refractivity contribution in [3.8, 4) is 5.75 Å². The third-order valence-electron chi connectivity index (χ3n) is 7.57. The molecule has 4 rings (SSSR count). The van der Waals surface area contributed by atoms with Crippen molar-refractivity contribution in [2.24, 2.45) is 11.3 Å². The summed E-state index contributed by atoms with van der Waals surface area (Å²) in [5, 5.41) is 12.4. The van der Waals surface area contributed by atoms with Crippen LogP contribution in [0.4, 0.5) is 4.79 Å². The number of alkyl carbamates (subject to hydrolysis) is 1. The van der Waals surface area contributed by atoms with E-state index in [2.05, 4.69) is 5.32 Å². The van der Waals surface area contributed by atoms with Crippen LogP contribution in [0.3, 0.4) is 0 Å². The Hall–Kier alpha value is -2.81. The standard InChI is InChI=1S/C26H37N3O6/c1-25(2,3)35-24(33)27-21(17-5-7-20(30)8-6-17)22(31)29-15-18-9-12-26(18,16-29)23(32)28(4)19-10-13-34-14-11-19/h5-8,18-19,21,30H,9-16H2,1-4H3,(H,27,33)/t18-,21?,26-/m1/s1. The minimum Gasteiger partial charge on any atom is -0.508 e. The van der Waals surface area contributed by atoms with E-state index in [1.807, 2.05) is 11.9 Å². The number of fused-ring (bicyclic) bond motifs is 1. The van der Waals surface area contributed by atoms with Crippen LogP contribution >= 0.6 is 0 Å². The second-order valence-corrected chi connectivity index (χ2v) is 11.0. The number of carbonyl (C=O) groups excluding carboxylic acids is 3. The number of amides is 3. The van der Waals surface area contributed by atoms with Gasteiger partial charge in [0.25, 0.3) is 0 Å². The number of carbonyl (C=O) groups is 3. The van der Waals surface area contributed by atoms with Gasteiger partial charge in [0.2, 0.25) is 11.8 Å². The molecular formula is C26H37N3O6. The number of phenols is 1. The Morgan fingerprint density at radius 1 is 1.17 bits per heavy atom. The highest BCUT2D eigenvalue weighted by molar-refractivity contribution is 5.90. The Kier molecular flexibility index (Phi) is 6.99. The Morgan fingerprint density at radius 2 is 1.83 bits per heavy atom. The van der Waals surface area contributed by atoms with E-state index in [-0.39, 0.29) is 29.5 Å². The third-order valence-corrected chi connectivity index (χ3v) is 7.57. The fraction of sp³-hybridized carbons (Fsp3) is 0.654. The molecule has 3 amide bonds. The van der Waals surface area contributed by atoms with E-state index in [1.54, 1.807) is 37.8 Å². The number of ether oxygens (including phenoxy) is 2. The van der Waals surface area contributed by atoms with Gasteiger partial charge in [-0.05, 0) is 70.1 Å². The van der Waals surface area contributed by atoms with Crippen LogP contribution < -0.4 is 5.32 Å². The van der Waals surface area contributed by atoms with Crippen LogP contribution in [0.1, 0.15) is 58.1 Å². The molecule has 2 aliphatic heterocycles. The van der Waals surface area contributed by atoms with E-state index in [9.17, 15) is 19.5 Å². The van der Waals surface area contributed by atoms with E-state index >= 15 is 0 Å². The third kappa shape index (κ3) is 5.24. The summed E-state index contributed by atoms with van der Waals surface area (Å²) in [4.78, 5) is 43.5. The number of aromatic hydroxyl groups is 1. The number of hydrogen-bond acceptors (Lipinski definition) is 6. The summed E-state index contributed by atoms with van der Waals surface area (Å²) >= 11 is 0. The molecule has 2 N–H and O–H groups in total. The first-order chi connectivity index (χ1) is 16.5. The van der Waals surface area contributed by atoms with Crippen molar-refractivity contribution in [3.63, 3.8) is 0 Å². The van der Waals surface area contributed by atoms with Gasteiger partial charge >= 0.3 is 6.09 Å². The van der Waals surface area contributed by atoms with Gasteiger partial charge in [-0.1, -0.05) is 12.1 Å². The average Bonchev–Trinajstić information content (AvgIpc) is 3.07. The molecule has 1 saturated carbocycles. The van der Waals surface area contributed by atoms with Crippen LogP contribution in [0.5, 0.6) is 5.75 Å². The monoisotopic (exact) mass is 487 g/mol. The first-order valence-electron chi connectivity index (χ1n) is 12.4. The van der Waals surface area contributed by atoms with Gasteiger partial charge < -0.3 is 29.7 Å². The molecule has 9 nitrogen and oxygen atoms in total. The molecular weight excluding hydrogens is 450 g/mol. The molecule has 2 heterocycles. The molecule has 3 atom stereocenters. The van der Waals surface area contributed by atoms with Crippen molar-refractivity contribution in [2.45, 2.75) is 64.1 Å². The lowest BCUT2D eigenvalue weighted by Gasteiger charge is -2.46. The zero-order valence-electron chi connectivity index (χ0n) is 21.1. The molecule has 1 unspecified atom stereocenters. The summed E-state index contributed by atoms with van der Waals surface area (Å²) in [6, 6.07) is 5.36. The number of likely N-dealkylation sites (tertiary alicyclic amines) is 1. The highest BCUT2D eigenvalue weighted by atomic mass is 16.6. The molecule has 9 heteroatoms. The summed E-state index contributed by atoms with van der Waals surface area (Å²) in [6.45, 7) is 7.41. The van der Waals surface area contributed by atoms with Crippen molar-refractivity contribution in [3.05, 3.63) is 29.8 Å². The lowest BCUT2D eigenvalue weighted by Crippen LogP contribution is -2.55. The van der Waals surface area contributed by atoms with Crippen molar-refractivity contribution in [2.75, 3.05) is 33.4 Å². The molecule has 0 aromatic heterocycles. The largest absolute Gasteiger partial charge is 0.508 e. The molecule has 35 heavy (non-hydrogen) atoms. The zero-order chi connectivity index (χ0) is 25.4. The average molecular weight is 488 g/mol. The van der Waals surface area contributed by atoms with E-state index in [0.29, 0.717) is 31.9 Å². The molecule has 3 aliphatic rings. The fourth-order valence-corrected chi connectivity index (χ4v) is 5.51. The van der Waals surface area contributed by atoms with Crippen LogP contribution in [0, 0.1) is 11.3 Å². The molecule has 0 bridgehead atoms. The quantitative estimate of drug-likeness (QED) is 0.661. The highest BCUT2D eigenvalue weighted by Crippen LogP contribution is 2.53. The summed E-state index contributed by atoms with van der Waals surface area (Å²) in [7, 11) is 1.87. The maximum absolute atomic E-state index is 13.7. The van der Waals surface area contributed by atoms with Crippen LogP contribution in [0.25, 0.3) is 0 Å². The summed E-state index contributed by atoms with van der Waals surface area (Å²) in [5.41, 5.74) is -0.740. The second-order valence-electron chi connectivity index (χ2n) is 11.0. The topological polar surface area (TPSA) is 108 Å². The van der Waals surface area contributed by atoms with E-state index in [1.165, 1.54) is 12.1 Å². The lowest BCUT2D eigenvalue weighted by atomic mass is 9.61. The van der Waals surface area contributed by atoms with Gasteiger partial charge in [0, 0.05) is 39.4 Å². The predicted octanol–water partition coefficient (Wildman–Crippen LogP) is 2.83. The van der Waals surface area contributed by atoms with Crippen molar-refractivity contribution < 1.29 is 29.0 Å². The van der Waals surface area contributed by atoms with Crippen molar-refractivity contribution >= 4 is 17.9 Å². The molecule has 0 spiro atoms. The van der Waals surface area contributed by atoms with Gasteiger partial charge in [0.05, 0.1) is 5.41 Å². The molecule has 1 aromatic carbocycles. The number of rotatable bonds is 5. The fourth-order valence-electron chi connectivity index (χ4n) is 5.51. The Morgan fingerprint density at radius 3 is 2.40 bits per heavy atom. The highest BCUT2D eigenvalue weighted by Gasteiger charge is 2.60. The molecule has 3 fully saturated rings. The lowest BCUT2D eigenvalue weighted by molar-refractivity contribution is -0.152. The smallest absolute Gasteiger partial charge is 0.408 e. The SMILES string of the molecule is CN(C(=O)[C@@]12CC[C@@H]1CN(C(=O)C(NC(=O)OC(C)(C)C)c1ccc(O)cc1)C2)C1CCOCC1. The van der Waals surface area contributed by atoms with Crippen LogP contribution in [-0.2, 0) is 19.1 Å². The number of nitrogens with one attached hydrogen (secondary N) is 1. The number of hydrogen-bond donors (Lipinski definition) is 2. The Balaban J connectivity index is 1.52. The van der Waals surface area contributed by atoms with Gasteiger partial charge in [-0.15, -0.1) is 0 Å². The van der Waals surface area contributed by atoms with Crippen LogP contribution in [0.2, 0.25) is 0 Å². The molecule has 0 radical (unpaired) electrons. The maximum Gasteiger partial charge on any atom is 0.408 e. The van der Waals surface area contributed by atoms with Gasteiger partial charge in [-0.25, -0.2) is 4.79 Å². The zero-order valence-corrected chi connectivity index (χ0v) is 21.1. The van der Waals surface area contributed by atoms with Gasteiger partial charge in [-0.2, -0.15) is 0 Å². The molecule has 192 valence electrons. The Labute approximate surface area is 206 Å². The van der Waals surface area contributed by atoms with E-state index < -0.39 is 23.2 Å². The number of benzene rings is 1. The molecule has 1 aromatic rings. The first kappa shape index (κ1) is 25.3. The normalized spacial score (nSPS) is 25.3. The maximum atomic E-state index is 13.7. The van der Waals surface area contributed by atoms with Crippen LogP contribution in [-0.4, -0.2) is 77.8 Å². The van der Waals surface area contributed by atoms with Gasteiger partial charge in [0.1, 0.15) is 17.4 Å². The number of nitrogens with zero attached hydrogens (tertiary/aromatic N) is 2. The predicted molar refractivity (Wildman–Crippen MR) is 129 cm³/mol. The van der Waals surface area contributed by atoms with Gasteiger partial charge in [0.15, 0.2) is 0 Å². The van der Waals surface area contributed by atoms with Crippen molar-refractivity contribution in [1.82, 2.24) is 15.1 Å². The summed E-state index contributed by atoms with van der Waals surface area (Å²) in [5.74, 6) is 0.00875. The van der Waals surface area contributed by atoms with Crippen LogP contribution in [0.15, 0.2) is 24.3 Å². The van der Waals surface area contributed by atoms with Gasteiger partial charge in [-0.3, -0.25) is 9.59 Å². The minimum absolute atomic E-state index is 0.0668. The van der Waals surface area contributed by atoms with E-state index in [0.717, 1.165) is 25.7 Å². The molecule has 2 saturated heterocycles. The second kappa shape index (κ2) is 9.68.